The average Bonchev–Trinajstić information content (AvgIpc) is 2.98. The first-order valence-electron chi connectivity index (χ1n) is 7.61. The monoisotopic (exact) mass is 372 g/mol. The van der Waals surface area contributed by atoms with Crippen LogP contribution >= 0.6 is 0 Å². The third kappa shape index (κ3) is 4.23. The molecule has 1 aromatic carbocycles. The van der Waals surface area contributed by atoms with Gasteiger partial charge in [0.15, 0.2) is 5.82 Å². The van der Waals surface area contributed by atoms with Crippen molar-refractivity contribution >= 4 is 11.6 Å². The number of aromatic nitrogens is 2. The molecule has 0 radical (unpaired) electrons. The van der Waals surface area contributed by atoms with E-state index in [-0.39, 0.29) is 24.3 Å². The molecule has 1 aliphatic rings. The van der Waals surface area contributed by atoms with Gasteiger partial charge in [-0.2, -0.15) is 4.68 Å². The quantitative estimate of drug-likeness (QED) is 0.593. The van der Waals surface area contributed by atoms with Crippen molar-refractivity contribution in [2.75, 3.05) is 18.5 Å². The number of ether oxygens (including phenoxy) is 2. The summed E-state index contributed by atoms with van der Waals surface area (Å²) in [6, 6.07) is 6.80. The van der Waals surface area contributed by atoms with Crippen molar-refractivity contribution in [3.63, 3.8) is 0 Å². The highest BCUT2D eigenvalue weighted by Gasteiger charge is 2.31. The summed E-state index contributed by atoms with van der Waals surface area (Å²) in [5.74, 6) is 0.102. The van der Waals surface area contributed by atoms with E-state index in [1.807, 2.05) is 0 Å². The van der Waals surface area contributed by atoms with Crippen molar-refractivity contribution in [3.8, 4) is 5.75 Å². The van der Waals surface area contributed by atoms with Crippen molar-refractivity contribution in [1.29, 1.82) is 0 Å². The SMILES string of the molecule is CN1CC(OCc2ccc(OC(F)(F)F)cc2)Cn2nc([N+](=O)[O-])cc21. The molecule has 1 aliphatic heterocycles. The van der Waals surface area contributed by atoms with Gasteiger partial charge in [-0.25, -0.2) is 0 Å². The minimum Gasteiger partial charge on any atom is -0.406 e. The van der Waals surface area contributed by atoms with Crippen LogP contribution in [0, 0.1) is 10.1 Å². The molecule has 0 saturated heterocycles. The predicted octanol–water partition coefficient (Wildman–Crippen LogP) is 2.73. The molecule has 1 unspecified atom stereocenters. The maximum Gasteiger partial charge on any atom is 0.573 e. The maximum absolute atomic E-state index is 12.1. The lowest BCUT2D eigenvalue weighted by molar-refractivity contribution is -0.389. The lowest BCUT2D eigenvalue weighted by Crippen LogP contribution is -2.40. The highest BCUT2D eigenvalue weighted by molar-refractivity contribution is 5.46. The minimum atomic E-state index is -4.73. The zero-order valence-electron chi connectivity index (χ0n) is 13.6. The molecule has 26 heavy (non-hydrogen) atoms. The van der Waals surface area contributed by atoms with Gasteiger partial charge in [0.05, 0.1) is 30.4 Å². The normalized spacial score (nSPS) is 17.1. The summed E-state index contributed by atoms with van der Waals surface area (Å²) in [5.41, 5.74) is 0.680. The summed E-state index contributed by atoms with van der Waals surface area (Å²) >= 11 is 0. The number of halogens is 3. The zero-order chi connectivity index (χ0) is 18.9. The summed E-state index contributed by atoms with van der Waals surface area (Å²) < 4.78 is 47.5. The van der Waals surface area contributed by atoms with E-state index in [1.54, 1.807) is 11.9 Å². The average molecular weight is 372 g/mol. The van der Waals surface area contributed by atoms with Crippen LogP contribution in [0.5, 0.6) is 5.75 Å². The van der Waals surface area contributed by atoms with Gasteiger partial charge >= 0.3 is 12.2 Å². The lowest BCUT2D eigenvalue weighted by Gasteiger charge is -2.29. The lowest BCUT2D eigenvalue weighted by atomic mass is 10.2. The molecule has 0 saturated carbocycles. The second-order valence-electron chi connectivity index (χ2n) is 5.81. The smallest absolute Gasteiger partial charge is 0.406 e. The van der Waals surface area contributed by atoms with Crippen LogP contribution in [-0.2, 0) is 17.9 Å². The molecule has 0 bridgehead atoms. The van der Waals surface area contributed by atoms with Gasteiger partial charge in [-0.1, -0.05) is 12.1 Å². The van der Waals surface area contributed by atoms with E-state index >= 15 is 0 Å². The number of hydrogen-bond acceptors (Lipinski definition) is 6. The van der Waals surface area contributed by atoms with Gasteiger partial charge in [0.1, 0.15) is 5.75 Å². The fourth-order valence-electron chi connectivity index (χ4n) is 2.68. The molecule has 3 rings (SSSR count). The number of benzene rings is 1. The number of likely N-dealkylation sites (N-methyl/N-ethyl adjacent to an activating group) is 1. The molecular weight excluding hydrogens is 357 g/mol. The Morgan fingerprint density at radius 2 is 2.00 bits per heavy atom. The first-order valence-corrected chi connectivity index (χ1v) is 7.61. The molecular formula is C15H15F3N4O4. The number of rotatable bonds is 5. The topological polar surface area (TPSA) is 82.7 Å². The summed E-state index contributed by atoms with van der Waals surface area (Å²) in [4.78, 5) is 12.1. The number of nitrogens with zero attached hydrogens (tertiary/aromatic N) is 4. The zero-order valence-corrected chi connectivity index (χ0v) is 13.6. The van der Waals surface area contributed by atoms with Crippen molar-refractivity contribution in [2.24, 2.45) is 0 Å². The Kier molecular flexibility index (Phi) is 4.72. The third-order valence-corrected chi connectivity index (χ3v) is 3.82. The van der Waals surface area contributed by atoms with E-state index < -0.39 is 11.3 Å². The highest BCUT2D eigenvalue weighted by atomic mass is 19.4. The van der Waals surface area contributed by atoms with Gasteiger partial charge in [0.25, 0.3) is 0 Å². The Bertz CT molecular complexity index is 791. The van der Waals surface area contributed by atoms with Crippen molar-refractivity contribution in [1.82, 2.24) is 9.78 Å². The van der Waals surface area contributed by atoms with Crippen LogP contribution < -0.4 is 9.64 Å². The molecule has 11 heteroatoms. The van der Waals surface area contributed by atoms with E-state index in [0.717, 1.165) is 0 Å². The van der Waals surface area contributed by atoms with Gasteiger partial charge in [-0.3, -0.25) is 0 Å². The molecule has 1 atom stereocenters. The summed E-state index contributed by atoms with van der Waals surface area (Å²) in [6.07, 6.45) is -4.99. The van der Waals surface area contributed by atoms with E-state index in [1.165, 1.54) is 35.0 Å². The van der Waals surface area contributed by atoms with Crippen LogP contribution in [0.1, 0.15) is 5.56 Å². The number of hydrogen-bond donors (Lipinski definition) is 0. The van der Waals surface area contributed by atoms with Gasteiger partial charge in [0, 0.05) is 13.6 Å². The Balaban J connectivity index is 1.59. The van der Waals surface area contributed by atoms with Crippen molar-refractivity contribution in [3.05, 3.63) is 46.0 Å². The van der Waals surface area contributed by atoms with Crippen molar-refractivity contribution < 1.29 is 27.6 Å². The Labute approximate surface area is 145 Å². The van der Waals surface area contributed by atoms with Crippen LogP contribution in [0.2, 0.25) is 0 Å². The van der Waals surface area contributed by atoms with Gasteiger partial charge in [0.2, 0.25) is 0 Å². The highest BCUT2D eigenvalue weighted by Crippen LogP contribution is 2.26. The molecule has 0 aliphatic carbocycles. The second-order valence-corrected chi connectivity index (χ2v) is 5.81. The number of fused-ring (bicyclic) bond motifs is 1. The molecule has 0 amide bonds. The summed E-state index contributed by atoms with van der Waals surface area (Å²) in [5, 5.41) is 14.8. The molecule has 8 nitrogen and oxygen atoms in total. The predicted molar refractivity (Wildman–Crippen MR) is 83.9 cm³/mol. The second kappa shape index (κ2) is 6.83. The summed E-state index contributed by atoms with van der Waals surface area (Å²) in [7, 11) is 1.77. The van der Waals surface area contributed by atoms with Gasteiger partial charge < -0.3 is 24.5 Å². The van der Waals surface area contributed by atoms with Crippen LogP contribution in [0.25, 0.3) is 0 Å². The van der Waals surface area contributed by atoms with Gasteiger partial charge in [-0.05, 0) is 22.6 Å². The van der Waals surface area contributed by atoms with Gasteiger partial charge in [-0.15, -0.1) is 13.2 Å². The van der Waals surface area contributed by atoms with Crippen LogP contribution in [0.3, 0.4) is 0 Å². The first-order chi connectivity index (χ1) is 12.2. The Morgan fingerprint density at radius 1 is 1.31 bits per heavy atom. The van der Waals surface area contributed by atoms with E-state index in [4.69, 9.17) is 4.74 Å². The van der Waals surface area contributed by atoms with E-state index in [0.29, 0.717) is 24.5 Å². The molecule has 2 aromatic rings. The third-order valence-electron chi connectivity index (χ3n) is 3.82. The number of nitro groups is 1. The maximum atomic E-state index is 12.1. The molecule has 0 N–H and O–H groups in total. The van der Waals surface area contributed by atoms with E-state index in [2.05, 4.69) is 9.84 Å². The van der Waals surface area contributed by atoms with Crippen LogP contribution in [-0.4, -0.2) is 40.8 Å². The Morgan fingerprint density at radius 3 is 2.62 bits per heavy atom. The molecule has 2 heterocycles. The summed E-state index contributed by atoms with van der Waals surface area (Å²) in [6.45, 7) is 1.05. The van der Waals surface area contributed by atoms with Crippen molar-refractivity contribution in [2.45, 2.75) is 25.6 Å². The number of alkyl halides is 3. The molecule has 0 spiro atoms. The largest absolute Gasteiger partial charge is 0.573 e. The molecule has 140 valence electrons. The number of anilines is 1. The van der Waals surface area contributed by atoms with Crippen LogP contribution in [0.15, 0.2) is 30.3 Å². The molecule has 0 fully saturated rings. The fourth-order valence-corrected chi connectivity index (χ4v) is 2.68. The van der Waals surface area contributed by atoms with Crippen LogP contribution in [0.4, 0.5) is 24.8 Å². The fraction of sp³-hybridized carbons (Fsp3) is 0.400. The minimum absolute atomic E-state index is 0.184. The Hall–Kier alpha value is -2.82. The van der Waals surface area contributed by atoms with E-state index in [9.17, 15) is 23.3 Å². The molecule has 1 aromatic heterocycles. The first kappa shape index (κ1) is 18.0. The standard InChI is InChI=1S/C15H15F3N4O4/c1-20-7-12(8-21-14(20)6-13(19-21)22(23)24)25-9-10-2-4-11(5-3-10)26-15(16,17)18/h2-6,12H,7-9H2,1H3.